The SMILES string of the molecule is CC(C)c1cc(C(=O)NC2CCCCC2CNC(=O)c2[nH]c(=O)[nH]c(=O)c2N)on1. The van der Waals surface area contributed by atoms with Gasteiger partial charge in [0.25, 0.3) is 17.4 Å². The number of hydrogen-bond acceptors (Lipinski definition) is 7. The molecule has 3 rings (SSSR count). The first kappa shape index (κ1) is 21.3. The van der Waals surface area contributed by atoms with Crippen molar-refractivity contribution >= 4 is 17.5 Å². The van der Waals surface area contributed by atoms with Crippen molar-refractivity contribution in [1.82, 2.24) is 25.8 Å². The summed E-state index contributed by atoms with van der Waals surface area (Å²) in [5.41, 5.74) is 4.04. The smallest absolute Gasteiger partial charge is 0.326 e. The van der Waals surface area contributed by atoms with E-state index in [1.807, 2.05) is 18.8 Å². The molecule has 0 spiro atoms. The zero-order chi connectivity index (χ0) is 21.8. The second kappa shape index (κ2) is 8.97. The maximum Gasteiger partial charge on any atom is 0.326 e. The minimum Gasteiger partial charge on any atom is -0.392 e. The van der Waals surface area contributed by atoms with Gasteiger partial charge in [0.15, 0.2) is 0 Å². The zero-order valence-electron chi connectivity index (χ0n) is 16.9. The Hall–Kier alpha value is -3.37. The lowest BCUT2D eigenvalue weighted by molar-refractivity contribution is 0.0862. The number of H-pyrrole nitrogens is 2. The van der Waals surface area contributed by atoms with E-state index in [4.69, 9.17) is 10.3 Å². The van der Waals surface area contributed by atoms with Crippen LogP contribution < -0.4 is 27.6 Å². The van der Waals surface area contributed by atoms with Crippen LogP contribution in [0, 0.1) is 5.92 Å². The fourth-order valence-electron chi connectivity index (χ4n) is 3.54. The first-order valence-corrected chi connectivity index (χ1v) is 9.94. The predicted octanol–water partition coefficient (Wildman–Crippen LogP) is 0.475. The van der Waals surface area contributed by atoms with Crippen molar-refractivity contribution in [3.8, 4) is 0 Å². The Morgan fingerprint density at radius 3 is 2.67 bits per heavy atom. The van der Waals surface area contributed by atoms with Crippen LogP contribution in [0.4, 0.5) is 5.69 Å². The van der Waals surface area contributed by atoms with Crippen molar-refractivity contribution < 1.29 is 14.1 Å². The highest BCUT2D eigenvalue weighted by atomic mass is 16.5. The highest BCUT2D eigenvalue weighted by molar-refractivity contribution is 5.96. The van der Waals surface area contributed by atoms with Crippen molar-refractivity contribution in [1.29, 1.82) is 0 Å². The minimum absolute atomic E-state index is 0.0194. The Bertz CT molecular complexity index is 1040. The molecule has 0 bridgehead atoms. The van der Waals surface area contributed by atoms with E-state index < -0.39 is 17.2 Å². The van der Waals surface area contributed by atoms with Gasteiger partial charge in [-0.1, -0.05) is 31.8 Å². The molecule has 6 N–H and O–H groups in total. The maximum atomic E-state index is 12.5. The molecule has 2 aromatic rings. The van der Waals surface area contributed by atoms with Gasteiger partial charge in [-0.15, -0.1) is 0 Å². The number of carbonyl (C=O) groups is 2. The molecule has 0 saturated heterocycles. The van der Waals surface area contributed by atoms with Gasteiger partial charge in [0, 0.05) is 18.7 Å². The van der Waals surface area contributed by atoms with Crippen LogP contribution >= 0.6 is 0 Å². The number of nitrogens with one attached hydrogen (secondary N) is 4. The first-order valence-electron chi connectivity index (χ1n) is 9.94. The summed E-state index contributed by atoms with van der Waals surface area (Å²) in [6, 6.07) is 1.47. The number of nitrogens with zero attached hydrogens (tertiary/aromatic N) is 1. The number of anilines is 1. The number of nitrogens with two attached hydrogens (primary N) is 1. The number of hydrogen-bond donors (Lipinski definition) is 5. The summed E-state index contributed by atoms with van der Waals surface area (Å²) in [4.78, 5) is 52.2. The predicted molar refractivity (Wildman–Crippen MR) is 108 cm³/mol. The van der Waals surface area contributed by atoms with E-state index in [0.29, 0.717) is 5.69 Å². The van der Waals surface area contributed by atoms with Crippen molar-refractivity contribution in [2.45, 2.75) is 51.5 Å². The zero-order valence-corrected chi connectivity index (χ0v) is 16.9. The molecule has 0 aromatic carbocycles. The molecule has 2 amide bonds. The standard InChI is InChI=1S/C19H26N6O5/c1-9(2)12-7-13(30-25-12)16(26)22-11-6-4-3-5-10(11)8-21-18(28)15-14(20)17(27)24-19(29)23-15/h7,9-11H,3-6,8,20H2,1-2H3,(H,21,28)(H,22,26)(H2,23,24,27,29). The van der Waals surface area contributed by atoms with Gasteiger partial charge in [0.2, 0.25) is 5.76 Å². The number of nitrogen functional groups attached to an aromatic ring is 1. The molecule has 2 unspecified atom stereocenters. The van der Waals surface area contributed by atoms with E-state index in [1.54, 1.807) is 6.07 Å². The summed E-state index contributed by atoms with van der Waals surface area (Å²) < 4.78 is 5.14. The lowest BCUT2D eigenvalue weighted by atomic mass is 9.84. The van der Waals surface area contributed by atoms with Gasteiger partial charge in [-0.2, -0.15) is 0 Å². The summed E-state index contributed by atoms with van der Waals surface area (Å²) in [6.07, 6.45) is 3.50. The van der Waals surface area contributed by atoms with Gasteiger partial charge in [-0.3, -0.25) is 19.4 Å². The van der Waals surface area contributed by atoms with Crippen LogP contribution in [0.2, 0.25) is 0 Å². The maximum absolute atomic E-state index is 12.5. The highest BCUT2D eigenvalue weighted by Crippen LogP contribution is 2.25. The van der Waals surface area contributed by atoms with Crippen LogP contribution in [-0.2, 0) is 0 Å². The molecule has 0 aliphatic heterocycles. The van der Waals surface area contributed by atoms with Crippen LogP contribution in [0.15, 0.2) is 20.2 Å². The third-order valence-corrected chi connectivity index (χ3v) is 5.30. The van der Waals surface area contributed by atoms with Crippen LogP contribution in [0.1, 0.15) is 72.2 Å². The number of aromatic nitrogens is 3. The number of rotatable bonds is 6. The van der Waals surface area contributed by atoms with Crippen molar-refractivity contribution in [2.24, 2.45) is 5.92 Å². The third kappa shape index (κ3) is 4.78. The van der Waals surface area contributed by atoms with Gasteiger partial charge in [-0.25, -0.2) is 4.79 Å². The number of carbonyl (C=O) groups excluding carboxylic acids is 2. The Morgan fingerprint density at radius 1 is 1.23 bits per heavy atom. The molecular weight excluding hydrogens is 392 g/mol. The molecule has 11 nitrogen and oxygen atoms in total. The second-order valence-electron chi connectivity index (χ2n) is 7.80. The lowest BCUT2D eigenvalue weighted by Gasteiger charge is -2.32. The average molecular weight is 418 g/mol. The number of amides is 2. The normalized spacial score (nSPS) is 18.9. The summed E-state index contributed by atoms with van der Waals surface area (Å²) in [5, 5.41) is 9.57. The van der Waals surface area contributed by atoms with E-state index in [-0.39, 0.29) is 47.5 Å². The molecule has 0 radical (unpaired) electrons. The monoisotopic (exact) mass is 418 g/mol. The molecule has 162 valence electrons. The summed E-state index contributed by atoms with van der Waals surface area (Å²) >= 11 is 0. The molecule has 1 saturated carbocycles. The topological polar surface area (TPSA) is 176 Å². The van der Waals surface area contributed by atoms with Crippen LogP contribution in [0.25, 0.3) is 0 Å². The molecule has 2 atom stereocenters. The quantitative estimate of drug-likeness (QED) is 0.453. The van der Waals surface area contributed by atoms with Crippen LogP contribution in [-0.4, -0.2) is 39.5 Å². The average Bonchev–Trinajstić information content (AvgIpc) is 3.20. The Balaban J connectivity index is 1.64. The number of aromatic amines is 2. The van der Waals surface area contributed by atoms with E-state index >= 15 is 0 Å². The molecule has 1 fully saturated rings. The Morgan fingerprint density at radius 2 is 1.97 bits per heavy atom. The summed E-state index contributed by atoms with van der Waals surface area (Å²) in [6.45, 7) is 4.17. The fraction of sp³-hybridized carbons (Fsp3) is 0.526. The minimum atomic E-state index is -0.820. The first-order chi connectivity index (χ1) is 14.3. The van der Waals surface area contributed by atoms with Gasteiger partial charge in [-0.05, 0) is 24.7 Å². The van der Waals surface area contributed by atoms with E-state index in [2.05, 4.69) is 20.8 Å². The molecule has 1 aliphatic rings. The van der Waals surface area contributed by atoms with Gasteiger partial charge >= 0.3 is 5.69 Å². The highest BCUT2D eigenvalue weighted by Gasteiger charge is 2.29. The Labute approximate surface area is 171 Å². The molecule has 11 heteroatoms. The largest absolute Gasteiger partial charge is 0.392 e. The van der Waals surface area contributed by atoms with Gasteiger partial charge in [0.1, 0.15) is 11.4 Å². The second-order valence-corrected chi connectivity index (χ2v) is 7.80. The Kier molecular flexibility index (Phi) is 6.38. The fourth-order valence-corrected chi connectivity index (χ4v) is 3.54. The van der Waals surface area contributed by atoms with E-state index in [9.17, 15) is 19.2 Å². The molecule has 2 heterocycles. The van der Waals surface area contributed by atoms with Crippen LogP contribution in [0.5, 0.6) is 0 Å². The molecule has 30 heavy (non-hydrogen) atoms. The third-order valence-electron chi connectivity index (χ3n) is 5.30. The lowest BCUT2D eigenvalue weighted by Crippen LogP contribution is -2.46. The molecule has 1 aliphatic carbocycles. The van der Waals surface area contributed by atoms with Crippen LogP contribution in [0.3, 0.4) is 0 Å². The van der Waals surface area contributed by atoms with E-state index in [0.717, 1.165) is 25.7 Å². The van der Waals surface area contributed by atoms with Crippen molar-refractivity contribution in [3.05, 3.63) is 44.1 Å². The summed E-state index contributed by atoms with van der Waals surface area (Å²) in [5.74, 6) is -0.712. The van der Waals surface area contributed by atoms with Crippen molar-refractivity contribution in [3.63, 3.8) is 0 Å². The van der Waals surface area contributed by atoms with Crippen molar-refractivity contribution in [2.75, 3.05) is 12.3 Å². The summed E-state index contributed by atoms with van der Waals surface area (Å²) in [7, 11) is 0. The molecule has 2 aromatic heterocycles. The van der Waals surface area contributed by atoms with E-state index in [1.165, 1.54) is 0 Å². The molecular formula is C19H26N6O5. The van der Waals surface area contributed by atoms with Gasteiger partial charge < -0.3 is 25.9 Å². The van der Waals surface area contributed by atoms with Gasteiger partial charge in [0.05, 0.1) is 5.69 Å².